The number of aryl methyl sites for hydroxylation is 2. The van der Waals surface area contributed by atoms with Crippen LogP contribution in [0.5, 0.6) is 0 Å². The summed E-state index contributed by atoms with van der Waals surface area (Å²) in [7, 11) is -3.50. The van der Waals surface area contributed by atoms with Gasteiger partial charge in [-0.15, -0.1) is 0 Å². The molecule has 0 spiro atoms. The fourth-order valence-corrected chi connectivity index (χ4v) is 4.05. The van der Waals surface area contributed by atoms with Crippen molar-refractivity contribution in [2.45, 2.75) is 50.5 Å². The van der Waals surface area contributed by atoms with Crippen LogP contribution in [0.1, 0.15) is 36.8 Å². The molecule has 1 aliphatic carbocycles. The zero-order valence-corrected chi connectivity index (χ0v) is 13.2. The van der Waals surface area contributed by atoms with E-state index < -0.39 is 10.0 Å². The first-order valence-electron chi connectivity index (χ1n) is 7.18. The number of rotatable bonds is 4. The van der Waals surface area contributed by atoms with E-state index in [1.807, 2.05) is 19.9 Å². The molecule has 0 radical (unpaired) electrons. The Kier molecular flexibility index (Phi) is 4.68. The number of nitrogens with one attached hydrogen (secondary N) is 1. The highest BCUT2D eigenvalue weighted by molar-refractivity contribution is 7.89. The summed E-state index contributed by atoms with van der Waals surface area (Å²) in [5.41, 5.74) is 7.30. The molecular formula is C15H22N2O3S. The van der Waals surface area contributed by atoms with Gasteiger partial charge in [0.05, 0.1) is 4.90 Å². The average Bonchev–Trinajstić information content (AvgIpc) is 2.42. The van der Waals surface area contributed by atoms with Crippen molar-refractivity contribution in [1.29, 1.82) is 0 Å². The van der Waals surface area contributed by atoms with Crippen LogP contribution in [0.2, 0.25) is 0 Å². The molecule has 1 aromatic carbocycles. The van der Waals surface area contributed by atoms with Crippen LogP contribution < -0.4 is 10.5 Å². The number of benzene rings is 1. The van der Waals surface area contributed by atoms with Gasteiger partial charge in [0.2, 0.25) is 15.9 Å². The van der Waals surface area contributed by atoms with Crippen LogP contribution >= 0.6 is 0 Å². The van der Waals surface area contributed by atoms with E-state index in [-0.39, 0.29) is 17.9 Å². The van der Waals surface area contributed by atoms with E-state index in [0.29, 0.717) is 30.6 Å². The topological polar surface area (TPSA) is 89.3 Å². The monoisotopic (exact) mass is 310 g/mol. The number of primary amides is 1. The largest absolute Gasteiger partial charge is 0.369 e. The normalized spacial score (nSPS) is 23.0. The molecule has 1 amide bonds. The summed E-state index contributed by atoms with van der Waals surface area (Å²) in [5.74, 6) is -0.405. The zero-order chi connectivity index (χ0) is 15.6. The van der Waals surface area contributed by atoms with Crippen LogP contribution in [0, 0.1) is 19.8 Å². The van der Waals surface area contributed by atoms with Crippen molar-refractivity contribution < 1.29 is 13.2 Å². The van der Waals surface area contributed by atoms with Gasteiger partial charge in [0.1, 0.15) is 0 Å². The minimum absolute atomic E-state index is 0.118. The molecule has 1 fully saturated rings. The standard InChI is InChI=1S/C15H22N2O3S/c1-10-3-8-14(9-11(10)2)21(19,20)17-13-6-4-12(5-7-13)15(16)18/h3,8-9,12-13,17H,4-7H2,1-2H3,(H2,16,18). The number of sulfonamides is 1. The highest BCUT2D eigenvalue weighted by Crippen LogP contribution is 2.25. The summed E-state index contributed by atoms with van der Waals surface area (Å²) in [5, 5.41) is 0. The van der Waals surface area contributed by atoms with Gasteiger partial charge < -0.3 is 5.73 Å². The van der Waals surface area contributed by atoms with Crippen molar-refractivity contribution in [3.05, 3.63) is 29.3 Å². The van der Waals surface area contributed by atoms with Crippen LogP contribution in [-0.4, -0.2) is 20.4 Å². The van der Waals surface area contributed by atoms with Crippen LogP contribution in [0.25, 0.3) is 0 Å². The molecule has 21 heavy (non-hydrogen) atoms. The molecule has 0 heterocycles. The third-order valence-corrected chi connectivity index (χ3v) is 5.76. The Hall–Kier alpha value is -1.40. The Balaban J connectivity index is 2.05. The van der Waals surface area contributed by atoms with Gasteiger partial charge in [0.15, 0.2) is 0 Å². The number of carbonyl (C=O) groups excluding carboxylic acids is 1. The maximum Gasteiger partial charge on any atom is 0.240 e. The summed E-state index contributed by atoms with van der Waals surface area (Å²) < 4.78 is 27.5. The molecule has 0 aromatic heterocycles. The fraction of sp³-hybridized carbons (Fsp3) is 0.533. The quantitative estimate of drug-likeness (QED) is 0.885. The maximum absolute atomic E-state index is 12.4. The molecule has 5 nitrogen and oxygen atoms in total. The molecule has 0 unspecified atom stereocenters. The summed E-state index contributed by atoms with van der Waals surface area (Å²) in [4.78, 5) is 11.4. The number of hydrogen-bond donors (Lipinski definition) is 2. The second-order valence-corrected chi connectivity index (χ2v) is 7.53. The molecule has 0 aliphatic heterocycles. The molecular weight excluding hydrogens is 288 g/mol. The van der Waals surface area contributed by atoms with Crippen molar-refractivity contribution >= 4 is 15.9 Å². The molecule has 116 valence electrons. The Morgan fingerprint density at radius 1 is 1.14 bits per heavy atom. The molecule has 1 aromatic rings. The smallest absolute Gasteiger partial charge is 0.240 e. The van der Waals surface area contributed by atoms with E-state index in [4.69, 9.17) is 5.73 Å². The predicted octanol–water partition coefficient (Wildman–Crippen LogP) is 1.63. The average molecular weight is 310 g/mol. The minimum atomic E-state index is -3.50. The molecule has 3 N–H and O–H groups in total. The highest BCUT2D eigenvalue weighted by Gasteiger charge is 2.28. The minimum Gasteiger partial charge on any atom is -0.369 e. The maximum atomic E-state index is 12.4. The van der Waals surface area contributed by atoms with E-state index >= 15 is 0 Å². The predicted molar refractivity (Wildman–Crippen MR) is 81.2 cm³/mol. The van der Waals surface area contributed by atoms with Gasteiger partial charge >= 0.3 is 0 Å². The second kappa shape index (κ2) is 6.15. The van der Waals surface area contributed by atoms with Crippen molar-refractivity contribution in [1.82, 2.24) is 4.72 Å². The molecule has 1 aliphatic rings. The number of hydrogen-bond acceptors (Lipinski definition) is 3. The molecule has 2 rings (SSSR count). The zero-order valence-electron chi connectivity index (χ0n) is 12.4. The first-order chi connectivity index (χ1) is 9.79. The summed E-state index contributed by atoms with van der Waals surface area (Å²) >= 11 is 0. The van der Waals surface area contributed by atoms with Gasteiger partial charge in [-0.2, -0.15) is 0 Å². The van der Waals surface area contributed by atoms with Crippen LogP contribution in [-0.2, 0) is 14.8 Å². The van der Waals surface area contributed by atoms with E-state index in [1.165, 1.54) is 0 Å². The Morgan fingerprint density at radius 3 is 2.29 bits per heavy atom. The van der Waals surface area contributed by atoms with E-state index in [9.17, 15) is 13.2 Å². The lowest BCUT2D eigenvalue weighted by atomic mass is 9.86. The number of amides is 1. The number of carbonyl (C=O) groups is 1. The molecule has 6 heteroatoms. The summed E-state index contributed by atoms with van der Waals surface area (Å²) in [6.07, 6.45) is 2.60. The van der Waals surface area contributed by atoms with Gasteiger partial charge in [-0.1, -0.05) is 6.07 Å². The molecule has 1 saturated carbocycles. The third-order valence-electron chi connectivity index (χ3n) is 4.24. The van der Waals surface area contributed by atoms with Crippen LogP contribution in [0.4, 0.5) is 0 Å². The lowest BCUT2D eigenvalue weighted by Crippen LogP contribution is -2.39. The van der Waals surface area contributed by atoms with Crippen LogP contribution in [0.15, 0.2) is 23.1 Å². The van der Waals surface area contributed by atoms with Crippen molar-refractivity contribution in [3.8, 4) is 0 Å². The first kappa shape index (κ1) is 16.0. The van der Waals surface area contributed by atoms with Gasteiger partial charge in [-0.05, 0) is 62.8 Å². The van der Waals surface area contributed by atoms with E-state index in [0.717, 1.165) is 11.1 Å². The van der Waals surface area contributed by atoms with E-state index in [1.54, 1.807) is 12.1 Å². The number of nitrogens with two attached hydrogens (primary N) is 1. The summed E-state index contributed by atoms with van der Waals surface area (Å²) in [6.45, 7) is 3.84. The van der Waals surface area contributed by atoms with Gasteiger partial charge in [0, 0.05) is 12.0 Å². The first-order valence-corrected chi connectivity index (χ1v) is 8.67. The van der Waals surface area contributed by atoms with Gasteiger partial charge in [-0.3, -0.25) is 4.79 Å². The van der Waals surface area contributed by atoms with Crippen molar-refractivity contribution in [3.63, 3.8) is 0 Å². The lowest BCUT2D eigenvalue weighted by molar-refractivity contribution is -0.122. The molecule has 0 bridgehead atoms. The van der Waals surface area contributed by atoms with E-state index in [2.05, 4.69) is 4.72 Å². The highest BCUT2D eigenvalue weighted by atomic mass is 32.2. The van der Waals surface area contributed by atoms with Crippen molar-refractivity contribution in [2.24, 2.45) is 11.7 Å². The second-order valence-electron chi connectivity index (χ2n) is 5.82. The van der Waals surface area contributed by atoms with Gasteiger partial charge in [0.25, 0.3) is 0 Å². The molecule has 0 atom stereocenters. The third kappa shape index (κ3) is 3.83. The van der Waals surface area contributed by atoms with Crippen molar-refractivity contribution in [2.75, 3.05) is 0 Å². The molecule has 0 saturated heterocycles. The van der Waals surface area contributed by atoms with Crippen LogP contribution in [0.3, 0.4) is 0 Å². The lowest BCUT2D eigenvalue weighted by Gasteiger charge is -2.27. The SMILES string of the molecule is Cc1ccc(S(=O)(=O)NC2CCC(C(N)=O)CC2)cc1C. The Bertz CT molecular complexity index is 632. The Labute approximate surface area is 126 Å². The summed E-state index contributed by atoms with van der Waals surface area (Å²) in [6, 6.07) is 5.01. The Morgan fingerprint density at radius 2 is 1.76 bits per heavy atom. The fourth-order valence-electron chi connectivity index (χ4n) is 2.66. The van der Waals surface area contributed by atoms with Gasteiger partial charge in [-0.25, -0.2) is 13.1 Å².